The highest BCUT2D eigenvalue weighted by molar-refractivity contribution is 5.97. The summed E-state index contributed by atoms with van der Waals surface area (Å²) in [5.41, 5.74) is 7.99. The van der Waals surface area contributed by atoms with Gasteiger partial charge in [0.15, 0.2) is 5.82 Å². The highest BCUT2D eigenvalue weighted by Gasteiger charge is 2.17. The Morgan fingerprint density at radius 3 is 2.61 bits per heavy atom. The monoisotopic (exact) mass is 549 g/mol. The van der Waals surface area contributed by atoms with Crippen molar-refractivity contribution in [2.24, 2.45) is 0 Å². The number of nitrogens with zero attached hydrogens (tertiary/aromatic N) is 6. The van der Waals surface area contributed by atoms with Crippen LogP contribution in [-0.4, -0.2) is 66.7 Å². The number of benzene rings is 1. The maximum atomic E-state index is 14.7. The third kappa shape index (κ3) is 5.64. The first-order valence-corrected chi connectivity index (χ1v) is 13.7. The van der Waals surface area contributed by atoms with Crippen molar-refractivity contribution >= 4 is 27.6 Å². The molecule has 9 nitrogen and oxygen atoms in total. The quantitative estimate of drug-likeness (QED) is 0.200. The van der Waals surface area contributed by atoms with Gasteiger partial charge in [0.1, 0.15) is 11.5 Å². The Bertz CT molecular complexity index is 1840. The molecule has 0 aliphatic heterocycles. The Kier molecular flexibility index (Phi) is 7.15. The van der Waals surface area contributed by atoms with Gasteiger partial charge in [-0.2, -0.15) is 5.10 Å². The van der Waals surface area contributed by atoms with E-state index in [0.29, 0.717) is 17.0 Å². The van der Waals surface area contributed by atoms with Crippen LogP contribution in [0.3, 0.4) is 0 Å². The van der Waals surface area contributed by atoms with Gasteiger partial charge in [-0.3, -0.25) is 20.1 Å². The summed E-state index contributed by atoms with van der Waals surface area (Å²) >= 11 is 0. The molecule has 0 saturated heterocycles. The maximum Gasteiger partial charge on any atom is 0.159 e. The van der Waals surface area contributed by atoms with Crippen LogP contribution in [-0.2, 0) is 6.42 Å². The lowest BCUT2D eigenvalue weighted by molar-refractivity contribution is 0.400. The lowest BCUT2D eigenvalue weighted by Crippen LogP contribution is -2.13. The minimum absolute atomic E-state index is 0.268. The molecule has 0 amide bonds. The van der Waals surface area contributed by atoms with E-state index >= 15 is 0 Å². The van der Waals surface area contributed by atoms with Crippen molar-refractivity contribution < 1.29 is 4.39 Å². The van der Waals surface area contributed by atoms with Crippen molar-refractivity contribution in [2.45, 2.75) is 32.7 Å². The van der Waals surface area contributed by atoms with Crippen LogP contribution in [0.2, 0.25) is 0 Å². The van der Waals surface area contributed by atoms with Crippen molar-refractivity contribution in [3.05, 3.63) is 72.7 Å². The predicted molar refractivity (Wildman–Crippen MR) is 161 cm³/mol. The first-order valence-electron chi connectivity index (χ1n) is 13.7. The van der Waals surface area contributed by atoms with E-state index in [1.54, 1.807) is 43.1 Å². The molecule has 10 heteroatoms. The molecule has 6 rings (SSSR count). The van der Waals surface area contributed by atoms with Gasteiger partial charge < -0.3 is 15.2 Å². The van der Waals surface area contributed by atoms with Crippen molar-refractivity contribution in [2.75, 3.05) is 26.0 Å². The minimum atomic E-state index is -0.268. The number of fused-ring (bicyclic) bond motifs is 2. The molecule has 0 bridgehead atoms. The normalized spacial score (nSPS) is 11.8. The number of pyridine rings is 3. The fraction of sp³-hybridized carbons (Fsp3) is 0.258. The molecule has 41 heavy (non-hydrogen) atoms. The predicted octanol–water partition coefficient (Wildman–Crippen LogP) is 6.08. The second-order valence-electron chi connectivity index (χ2n) is 10.9. The summed E-state index contributed by atoms with van der Waals surface area (Å²) in [5.74, 6) is 0.323. The summed E-state index contributed by atoms with van der Waals surface area (Å²) in [6, 6.07) is 9.49. The summed E-state index contributed by atoms with van der Waals surface area (Å²) < 4.78 is 14.7. The van der Waals surface area contributed by atoms with Gasteiger partial charge in [0.25, 0.3) is 0 Å². The van der Waals surface area contributed by atoms with Gasteiger partial charge in [-0.1, -0.05) is 6.07 Å². The van der Waals surface area contributed by atoms with Gasteiger partial charge in [0.2, 0.25) is 0 Å². The van der Waals surface area contributed by atoms with Crippen LogP contribution in [0, 0.1) is 5.82 Å². The number of rotatable bonds is 9. The van der Waals surface area contributed by atoms with Crippen molar-refractivity contribution in [1.29, 1.82) is 0 Å². The molecular formula is C31H32FN9. The van der Waals surface area contributed by atoms with Gasteiger partial charge in [-0.05, 0) is 82.7 Å². The fourth-order valence-electron chi connectivity index (χ4n) is 5.05. The summed E-state index contributed by atoms with van der Waals surface area (Å²) in [5, 5.41) is 11.9. The van der Waals surface area contributed by atoms with E-state index in [1.807, 2.05) is 32.3 Å². The van der Waals surface area contributed by atoms with Gasteiger partial charge in [0.05, 0.1) is 40.3 Å². The minimum Gasteiger partial charge on any atom is -0.382 e. The molecule has 0 radical (unpaired) electrons. The number of aryl methyl sites for hydroxylation is 1. The average molecular weight is 550 g/mol. The summed E-state index contributed by atoms with van der Waals surface area (Å²) in [6.45, 7) is 5.11. The van der Waals surface area contributed by atoms with Crippen molar-refractivity contribution in [3.63, 3.8) is 0 Å². The number of anilines is 1. The first-order chi connectivity index (χ1) is 19.8. The Morgan fingerprint density at radius 2 is 1.78 bits per heavy atom. The molecule has 3 N–H and O–H groups in total. The number of imidazole rings is 1. The van der Waals surface area contributed by atoms with Gasteiger partial charge in [-0.15, -0.1) is 0 Å². The topological polar surface area (TPSA) is 111 Å². The molecular weight excluding hydrogens is 517 g/mol. The molecule has 208 valence electrons. The Hall–Kier alpha value is -4.70. The van der Waals surface area contributed by atoms with Crippen LogP contribution in [0.1, 0.15) is 25.8 Å². The number of aromatic nitrogens is 7. The number of H-pyrrole nitrogens is 2. The van der Waals surface area contributed by atoms with E-state index < -0.39 is 0 Å². The van der Waals surface area contributed by atoms with Crippen molar-refractivity contribution in [1.82, 2.24) is 40.0 Å². The van der Waals surface area contributed by atoms with E-state index in [4.69, 9.17) is 4.98 Å². The largest absolute Gasteiger partial charge is 0.382 e. The summed E-state index contributed by atoms with van der Waals surface area (Å²) in [6.07, 6.45) is 10.6. The van der Waals surface area contributed by atoms with E-state index in [-0.39, 0.29) is 11.9 Å². The van der Waals surface area contributed by atoms with Crippen LogP contribution in [0.4, 0.5) is 10.1 Å². The number of nitrogens with one attached hydrogen (secondary N) is 3. The van der Waals surface area contributed by atoms with Crippen molar-refractivity contribution in [3.8, 4) is 33.9 Å². The van der Waals surface area contributed by atoms with Gasteiger partial charge in [-0.25, -0.2) is 9.37 Å². The Balaban J connectivity index is 1.37. The van der Waals surface area contributed by atoms with Gasteiger partial charge in [0, 0.05) is 41.1 Å². The zero-order valence-electron chi connectivity index (χ0n) is 23.5. The SMILES string of the molecule is CC(C)Nc1cncc(-c2cc3c(-c4nc5c(-c6cc(F)cc(CCCN(C)C)c6)cncc5[nH]4)n[nH]c3cn2)c1. The number of hydrogen-bond donors (Lipinski definition) is 3. The molecule has 0 atom stereocenters. The Morgan fingerprint density at radius 1 is 0.927 bits per heavy atom. The lowest BCUT2D eigenvalue weighted by Gasteiger charge is -2.10. The fourth-order valence-corrected chi connectivity index (χ4v) is 5.05. The maximum absolute atomic E-state index is 14.7. The third-order valence-electron chi connectivity index (χ3n) is 6.89. The molecule has 0 aliphatic rings. The number of halogens is 1. The first kappa shape index (κ1) is 26.5. The molecule has 6 aromatic rings. The van der Waals surface area contributed by atoms with Gasteiger partial charge >= 0.3 is 0 Å². The van der Waals surface area contributed by atoms with E-state index in [0.717, 1.165) is 69.4 Å². The molecule has 5 heterocycles. The lowest BCUT2D eigenvalue weighted by atomic mass is 10.0. The molecule has 5 aromatic heterocycles. The van der Waals surface area contributed by atoms with E-state index in [2.05, 4.69) is 54.2 Å². The van der Waals surface area contributed by atoms with Crippen LogP contribution >= 0.6 is 0 Å². The molecule has 0 aliphatic carbocycles. The van der Waals surface area contributed by atoms with Crippen LogP contribution < -0.4 is 5.32 Å². The standard InChI is InChI=1S/C31H32FN9/c1-18(2)36-23-11-21(13-33-14-23)26-12-24-27(17-35-26)39-40-30(24)31-37-28-16-34-15-25(29(28)38-31)20-8-19(9-22(32)10-20)6-5-7-41(3)4/h8-18,36H,5-7H2,1-4H3,(H,37,38)(H,39,40). The molecule has 1 aromatic carbocycles. The summed E-state index contributed by atoms with van der Waals surface area (Å²) in [7, 11) is 4.08. The summed E-state index contributed by atoms with van der Waals surface area (Å²) in [4.78, 5) is 23.9. The third-order valence-corrected chi connectivity index (χ3v) is 6.89. The number of aromatic amines is 2. The Labute approximate surface area is 237 Å². The van der Waals surface area contributed by atoms with Crippen LogP contribution in [0.25, 0.3) is 55.8 Å². The second kappa shape index (κ2) is 11.1. The van der Waals surface area contributed by atoms with E-state index in [1.165, 1.54) is 0 Å². The smallest absolute Gasteiger partial charge is 0.159 e. The zero-order chi connectivity index (χ0) is 28.5. The van der Waals surface area contributed by atoms with E-state index in [9.17, 15) is 4.39 Å². The average Bonchev–Trinajstić information content (AvgIpc) is 3.56. The molecule has 0 fully saturated rings. The van der Waals surface area contributed by atoms with Crippen LogP contribution in [0.5, 0.6) is 0 Å². The molecule has 0 unspecified atom stereocenters. The second-order valence-corrected chi connectivity index (χ2v) is 10.9. The molecule has 0 saturated carbocycles. The molecule has 0 spiro atoms. The van der Waals surface area contributed by atoms with Crippen LogP contribution in [0.15, 0.2) is 61.3 Å². The highest BCUT2D eigenvalue weighted by atomic mass is 19.1. The highest BCUT2D eigenvalue weighted by Crippen LogP contribution is 2.33. The number of hydrogen-bond acceptors (Lipinski definition) is 7. The zero-order valence-corrected chi connectivity index (χ0v) is 23.5.